The molecule has 1 atom stereocenters. The van der Waals surface area contributed by atoms with Gasteiger partial charge in [0.2, 0.25) is 11.8 Å². The third-order valence-corrected chi connectivity index (χ3v) is 3.51. The Morgan fingerprint density at radius 1 is 1.33 bits per heavy atom. The maximum Gasteiger partial charge on any atom is 0.335 e. The molecule has 106 valence electrons. The van der Waals surface area contributed by atoms with Crippen LogP contribution in [-0.2, 0) is 9.59 Å². The van der Waals surface area contributed by atoms with Crippen LogP contribution in [0.2, 0.25) is 0 Å². The van der Waals surface area contributed by atoms with Crippen molar-refractivity contribution in [1.82, 2.24) is 15.5 Å². The molecule has 1 aliphatic rings. The number of imide groups is 1. The summed E-state index contributed by atoms with van der Waals surface area (Å²) in [5.74, 6) is -2.26. The molecule has 1 aromatic heterocycles. The van der Waals surface area contributed by atoms with Crippen LogP contribution in [0.1, 0.15) is 34.8 Å². The van der Waals surface area contributed by atoms with Gasteiger partial charge in [-0.3, -0.25) is 14.9 Å². The summed E-state index contributed by atoms with van der Waals surface area (Å²) in [4.78, 5) is 34.1. The molecular formula is C14H11N3O4. The van der Waals surface area contributed by atoms with Gasteiger partial charge in [0.15, 0.2) is 0 Å². The Balaban J connectivity index is 2.09. The summed E-state index contributed by atoms with van der Waals surface area (Å²) in [6.07, 6.45) is 2.08. The van der Waals surface area contributed by atoms with Gasteiger partial charge in [-0.2, -0.15) is 10.2 Å². The van der Waals surface area contributed by atoms with E-state index < -0.39 is 17.8 Å². The Kier molecular flexibility index (Phi) is 3.09. The second kappa shape index (κ2) is 4.93. The SMILES string of the molecule is O=C1CCC(c2nncc3cc(C(=O)O)ccc23)C(=O)N1. The van der Waals surface area contributed by atoms with Crippen molar-refractivity contribution in [2.24, 2.45) is 0 Å². The quantitative estimate of drug-likeness (QED) is 0.792. The average molecular weight is 285 g/mol. The molecule has 0 saturated carbocycles. The molecule has 1 fully saturated rings. The van der Waals surface area contributed by atoms with E-state index in [1.54, 1.807) is 6.07 Å². The van der Waals surface area contributed by atoms with Gasteiger partial charge >= 0.3 is 5.97 Å². The number of benzene rings is 1. The fourth-order valence-electron chi connectivity index (χ4n) is 2.45. The molecule has 1 unspecified atom stereocenters. The maximum absolute atomic E-state index is 11.9. The molecule has 1 aliphatic heterocycles. The molecule has 0 aliphatic carbocycles. The first-order valence-electron chi connectivity index (χ1n) is 6.38. The number of carboxylic acid groups (broad SMARTS) is 1. The zero-order valence-electron chi connectivity index (χ0n) is 10.9. The highest BCUT2D eigenvalue weighted by atomic mass is 16.4. The number of carbonyl (C=O) groups is 3. The molecule has 7 heteroatoms. The number of piperidine rings is 1. The second-order valence-electron chi connectivity index (χ2n) is 4.84. The standard InChI is InChI=1S/C14H11N3O4/c18-11-4-3-10(13(19)16-11)12-9-2-1-7(14(20)21)5-8(9)6-15-17-12/h1-2,5-6,10H,3-4H2,(H,20,21)(H,16,18,19). The zero-order chi connectivity index (χ0) is 15.0. The van der Waals surface area contributed by atoms with E-state index in [0.717, 1.165) is 0 Å². The molecule has 3 rings (SSSR count). The van der Waals surface area contributed by atoms with Gasteiger partial charge < -0.3 is 5.11 Å². The number of hydrogen-bond donors (Lipinski definition) is 2. The Labute approximate surface area is 119 Å². The minimum Gasteiger partial charge on any atom is -0.478 e. The van der Waals surface area contributed by atoms with Crippen molar-refractivity contribution in [2.75, 3.05) is 0 Å². The summed E-state index contributed by atoms with van der Waals surface area (Å²) in [7, 11) is 0. The molecule has 21 heavy (non-hydrogen) atoms. The molecule has 2 heterocycles. The van der Waals surface area contributed by atoms with Gasteiger partial charge in [0, 0.05) is 17.2 Å². The fourth-order valence-corrected chi connectivity index (χ4v) is 2.45. The number of nitrogens with one attached hydrogen (secondary N) is 1. The number of aromatic nitrogens is 2. The van der Waals surface area contributed by atoms with E-state index in [2.05, 4.69) is 15.5 Å². The van der Waals surface area contributed by atoms with Gasteiger partial charge in [0.25, 0.3) is 0 Å². The van der Waals surface area contributed by atoms with Crippen LogP contribution < -0.4 is 5.32 Å². The molecule has 2 aromatic rings. The van der Waals surface area contributed by atoms with Gasteiger partial charge in [0.05, 0.1) is 23.4 Å². The van der Waals surface area contributed by atoms with Crippen LogP contribution in [0, 0.1) is 0 Å². The lowest BCUT2D eigenvalue weighted by molar-refractivity contribution is -0.134. The lowest BCUT2D eigenvalue weighted by Gasteiger charge is -2.20. The Hall–Kier alpha value is -2.83. The van der Waals surface area contributed by atoms with Crippen LogP contribution >= 0.6 is 0 Å². The highest BCUT2D eigenvalue weighted by Gasteiger charge is 2.30. The van der Waals surface area contributed by atoms with Crippen molar-refractivity contribution in [3.8, 4) is 0 Å². The first-order valence-corrected chi connectivity index (χ1v) is 6.38. The van der Waals surface area contributed by atoms with Gasteiger partial charge in [-0.15, -0.1) is 0 Å². The summed E-state index contributed by atoms with van der Waals surface area (Å²) in [5, 5.41) is 20.4. The van der Waals surface area contributed by atoms with E-state index in [4.69, 9.17) is 5.11 Å². The van der Waals surface area contributed by atoms with E-state index in [0.29, 0.717) is 22.9 Å². The van der Waals surface area contributed by atoms with Crippen LogP contribution in [0.25, 0.3) is 10.8 Å². The van der Waals surface area contributed by atoms with Crippen molar-refractivity contribution >= 4 is 28.6 Å². The second-order valence-corrected chi connectivity index (χ2v) is 4.84. The number of rotatable bonds is 2. The first-order chi connectivity index (χ1) is 10.1. The van der Waals surface area contributed by atoms with Gasteiger partial charge in [-0.05, 0) is 18.6 Å². The third-order valence-electron chi connectivity index (χ3n) is 3.51. The minimum absolute atomic E-state index is 0.143. The number of amides is 2. The van der Waals surface area contributed by atoms with Crippen molar-refractivity contribution in [2.45, 2.75) is 18.8 Å². The Morgan fingerprint density at radius 2 is 2.14 bits per heavy atom. The van der Waals surface area contributed by atoms with Crippen LogP contribution in [0.5, 0.6) is 0 Å². The molecule has 0 radical (unpaired) electrons. The summed E-state index contributed by atoms with van der Waals surface area (Å²) in [5.41, 5.74) is 0.610. The normalized spacial score (nSPS) is 18.6. The molecule has 1 saturated heterocycles. The van der Waals surface area contributed by atoms with E-state index in [-0.39, 0.29) is 17.9 Å². The van der Waals surface area contributed by atoms with Crippen LogP contribution in [-0.4, -0.2) is 33.1 Å². The highest BCUT2D eigenvalue weighted by molar-refractivity contribution is 6.03. The van der Waals surface area contributed by atoms with Crippen molar-refractivity contribution in [1.29, 1.82) is 0 Å². The van der Waals surface area contributed by atoms with Crippen LogP contribution in [0.15, 0.2) is 24.4 Å². The first kappa shape index (κ1) is 13.2. The Morgan fingerprint density at radius 3 is 2.86 bits per heavy atom. The Bertz CT molecular complexity index is 772. The van der Waals surface area contributed by atoms with Crippen molar-refractivity contribution < 1.29 is 19.5 Å². The number of carbonyl (C=O) groups excluding carboxylic acids is 2. The van der Waals surface area contributed by atoms with Crippen molar-refractivity contribution in [3.63, 3.8) is 0 Å². The predicted molar refractivity (Wildman–Crippen MR) is 71.6 cm³/mol. The van der Waals surface area contributed by atoms with Crippen LogP contribution in [0.4, 0.5) is 0 Å². The number of fused-ring (bicyclic) bond motifs is 1. The maximum atomic E-state index is 11.9. The molecule has 0 spiro atoms. The van der Waals surface area contributed by atoms with E-state index in [9.17, 15) is 14.4 Å². The lowest BCUT2D eigenvalue weighted by atomic mass is 9.91. The smallest absolute Gasteiger partial charge is 0.335 e. The topological polar surface area (TPSA) is 109 Å². The van der Waals surface area contributed by atoms with Gasteiger partial charge in [-0.25, -0.2) is 4.79 Å². The summed E-state index contributed by atoms with van der Waals surface area (Å²) < 4.78 is 0. The number of nitrogens with zero attached hydrogens (tertiary/aromatic N) is 2. The summed E-state index contributed by atoms with van der Waals surface area (Å²) >= 11 is 0. The monoisotopic (exact) mass is 285 g/mol. The molecular weight excluding hydrogens is 274 g/mol. The molecule has 2 amide bonds. The third kappa shape index (κ3) is 2.33. The average Bonchev–Trinajstić information content (AvgIpc) is 2.46. The molecule has 2 N–H and O–H groups in total. The predicted octanol–water partition coefficient (Wildman–Crippen LogP) is 0.848. The zero-order valence-corrected chi connectivity index (χ0v) is 10.9. The van der Waals surface area contributed by atoms with E-state index in [1.807, 2.05) is 0 Å². The highest BCUT2D eigenvalue weighted by Crippen LogP contribution is 2.29. The number of carboxylic acids is 1. The molecule has 7 nitrogen and oxygen atoms in total. The molecule has 1 aromatic carbocycles. The van der Waals surface area contributed by atoms with Gasteiger partial charge in [-0.1, -0.05) is 6.07 Å². The van der Waals surface area contributed by atoms with Gasteiger partial charge in [0.1, 0.15) is 0 Å². The largest absolute Gasteiger partial charge is 0.478 e. The summed E-state index contributed by atoms with van der Waals surface area (Å²) in [6, 6.07) is 4.57. The van der Waals surface area contributed by atoms with Crippen molar-refractivity contribution in [3.05, 3.63) is 35.7 Å². The lowest BCUT2D eigenvalue weighted by Crippen LogP contribution is -2.39. The van der Waals surface area contributed by atoms with E-state index in [1.165, 1.54) is 18.3 Å². The molecule has 0 bridgehead atoms. The van der Waals surface area contributed by atoms with Crippen LogP contribution in [0.3, 0.4) is 0 Å². The number of hydrogen-bond acceptors (Lipinski definition) is 5. The number of aromatic carboxylic acids is 1. The van der Waals surface area contributed by atoms with E-state index >= 15 is 0 Å². The fraction of sp³-hybridized carbons (Fsp3) is 0.214. The minimum atomic E-state index is -1.03. The summed E-state index contributed by atoms with van der Waals surface area (Å²) in [6.45, 7) is 0.